The molecular weight excluding hydrogens is 212 g/mol. The zero-order valence-corrected chi connectivity index (χ0v) is 11.4. The Balaban J connectivity index is 3.54. The van der Waals surface area contributed by atoms with E-state index in [0.29, 0.717) is 0 Å². The van der Waals surface area contributed by atoms with Crippen LogP contribution in [0.1, 0.15) is 25.7 Å². The molecule has 0 atom stereocenters. The van der Waals surface area contributed by atoms with Gasteiger partial charge in [-0.2, -0.15) is 0 Å². The van der Waals surface area contributed by atoms with E-state index in [1.807, 2.05) is 0 Å². The van der Waals surface area contributed by atoms with Crippen molar-refractivity contribution < 1.29 is 18.0 Å². The number of methoxy groups -OCH3 is 1. The molecule has 0 bridgehead atoms. The molecule has 0 aromatic heterocycles. The highest BCUT2D eigenvalue weighted by Crippen LogP contribution is 2.17. The maximum atomic E-state index is 5.33. The van der Waals surface area contributed by atoms with Crippen LogP contribution in [0.3, 0.4) is 0 Å². The van der Waals surface area contributed by atoms with Gasteiger partial charge in [-0.3, -0.25) is 0 Å². The first kappa shape index (κ1) is 15.1. The lowest BCUT2D eigenvalue weighted by Gasteiger charge is -2.24. The molecule has 0 aliphatic carbocycles. The first-order valence-corrected chi connectivity index (χ1v) is 7.32. The largest absolute Gasteiger partial charge is 0.500 e. The predicted octanol–water partition coefficient (Wildman–Crippen LogP) is 2.07. The Morgan fingerprint density at radius 2 is 1.27 bits per heavy atom. The summed E-state index contributed by atoms with van der Waals surface area (Å²) in [5.41, 5.74) is 0. The average molecular weight is 236 g/mol. The normalized spacial score (nSPS) is 12.0. The van der Waals surface area contributed by atoms with E-state index in [-0.39, 0.29) is 0 Å². The Hall–Kier alpha value is 0.0569. The third kappa shape index (κ3) is 6.27. The molecule has 0 aromatic carbocycles. The molecule has 0 aromatic rings. The molecule has 0 N–H and O–H groups in total. The van der Waals surface area contributed by atoms with Gasteiger partial charge in [0.2, 0.25) is 0 Å². The van der Waals surface area contributed by atoms with Crippen LogP contribution in [0.25, 0.3) is 0 Å². The third-order valence-electron chi connectivity index (χ3n) is 2.51. The molecule has 0 amide bonds. The topological polar surface area (TPSA) is 36.9 Å². The van der Waals surface area contributed by atoms with Gasteiger partial charge in [0.05, 0.1) is 0 Å². The lowest BCUT2D eigenvalue weighted by Crippen LogP contribution is -2.42. The summed E-state index contributed by atoms with van der Waals surface area (Å²) in [4.78, 5) is 0. The molecule has 4 nitrogen and oxygen atoms in total. The molecule has 15 heavy (non-hydrogen) atoms. The van der Waals surface area contributed by atoms with Crippen LogP contribution in [-0.4, -0.2) is 43.9 Å². The molecule has 0 heterocycles. The van der Waals surface area contributed by atoms with E-state index in [1.165, 1.54) is 12.8 Å². The van der Waals surface area contributed by atoms with E-state index in [4.69, 9.17) is 18.0 Å². The number of ether oxygens (including phenoxy) is 1. The predicted molar refractivity (Wildman–Crippen MR) is 61.9 cm³/mol. The van der Waals surface area contributed by atoms with Gasteiger partial charge in [-0.25, -0.2) is 0 Å². The summed E-state index contributed by atoms with van der Waals surface area (Å²) in [5.74, 6) is 0. The van der Waals surface area contributed by atoms with Crippen molar-refractivity contribution in [2.24, 2.45) is 0 Å². The lowest BCUT2D eigenvalue weighted by molar-refractivity contribution is 0.122. The minimum atomic E-state index is -2.32. The third-order valence-corrected chi connectivity index (χ3v) is 5.35. The van der Waals surface area contributed by atoms with E-state index >= 15 is 0 Å². The first-order chi connectivity index (χ1) is 7.24. The van der Waals surface area contributed by atoms with Gasteiger partial charge in [-0.15, -0.1) is 0 Å². The molecule has 0 radical (unpaired) electrons. The fourth-order valence-corrected chi connectivity index (χ4v) is 3.29. The smallest absolute Gasteiger partial charge is 0.385 e. The minimum Gasteiger partial charge on any atom is -0.385 e. The SMILES string of the molecule is COCCCCCC[Si](OC)(OC)OC. The molecule has 0 saturated heterocycles. The van der Waals surface area contributed by atoms with E-state index in [0.717, 1.165) is 25.5 Å². The fraction of sp³-hybridized carbons (Fsp3) is 1.00. The van der Waals surface area contributed by atoms with Gasteiger partial charge in [-0.05, 0) is 12.8 Å². The van der Waals surface area contributed by atoms with Gasteiger partial charge < -0.3 is 18.0 Å². The Morgan fingerprint density at radius 3 is 1.73 bits per heavy atom. The summed E-state index contributed by atoms with van der Waals surface area (Å²) in [6.07, 6.45) is 4.58. The highest BCUT2D eigenvalue weighted by Gasteiger charge is 2.36. The summed E-state index contributed by atoms with van der Waals surface area (Å²) >= 11 is 0. The Bertz CT molecular complexity index is 131. The number of hydrogen-bond donors (Lipinski definition) is 0. The first-order valence-electron chi connectivity index (χ1n) is 5.39. The van der Waals surface area contributed by atoms with Crippen molar-refractivity contribution in [3.63, 3.8) is 0 Å². The number of rotatable bonds is 10. The van der Waals surface area contributed by atoms with Crippen LogP contribution in [0.15, 0.2) is 0 Å². The van der Waals surface area contributed by atoms with Crippen molar-refractivity contribution in [1.82, 2.24) is 0 Å². The quantitative estimate of drug-likeness (QED) is 0.430. The number of hydrogen-bond acceptors (Lipinski definition) is 4. The van der Waals surface area contributed by atoms with Gasteiger partial charge >= 0.3 is 8.80 Å². The Morgan fingerprint density at radius 1 is 0.733 bits per heavy atom. The van der Waals surface area contributed by atoms with E-state index in [2.05, 4.69) is 0 Å². The van der Waals surface area contributed by atoms with Crippen molar-refractivity contribution in [2.45, 2.75) is 31.7 Å². The molecule has 92 valence electrons. The summed E-state index contributed by atoms with van der Waals surface area (Å²) < 4.78 is 21.0. The van der Waals surface area contributed by atoms with Gasteiger partial charge in [0.15, 0.2) is 0 Å². The second kappa shape index (κ2) is 9.29. The van der Waals surface area contributed by atoms with E-state index in [1.54, 1.807) is 28.4 Å². The van der Waals surface area contributed by atoms with Crippen molar-refractivity contribution >= 4 is 8.80 Å². The van der Waals surface area contributed by atoms with Crippen molar-refractivity contribution in [3.05, 3.63) is 0 Å². The molecule has 0 saturated carbocycles. The molecule has 5 heteroatoms. The Kier molecular flexibility index (Phi) is 9.33. The maximum Gasteiger partial charge on any atom is 0.500 e. The number of unbranched alkanes of at least 4 members (excludes halogenated alkanes) is 3. The van der Waals surface area contributed by atoms with Crippen LogP contribution in [0.5, 0.6) is 0 Å². The molecule has 0 spiro atoms. The second-order valence-electron chi connectivity index (χ2n) is 3.45. The van der Waals surface area contributed by atoms with Crippen LogP contribution in [0, 0.1) is 0 Å². The highest BCUT2D eigenvalue weighted by molar-refractivity contribution is 6.60. The molecule has 0 rings (SSSR count). The van der Waals surface area contributed by atoms with Crippen molar-refractivity contribution in [1.29, 1.82) is 0 Å². The van der Waals surface area contributed by atoms with Crippen LogP contribution < -0.4 is 0 Å². The fourth-order valence-electron chi connectivity index (χ4n) is 1.50. The summed E-state index contributed by atoms with van der Waals surface area (Å²) in [5, 5.41) is 0. The molecule has 0 aliphatic rings. The van der Waals surface area contributed by atoms with Crippen LogP contribution in [-0.2, 0) is 18.0 Å². The lowest BCUT2D eigenvalue weighted by atomic mass is 10.2. The highest BCUT2D eigenvalue weighted by atomic mass is 28.4. The standard InChI is InChI=1S/C10H24O4Si/c1-11-9-7-5-6-8-10-15(12-2,13-3)14-4/h5-10H2,1-4H3. The molecule has 0 unspecified atom stereocenters. The van der Waals surface area contributed by atoms with Crippen molar-refractivity contribution in [2.75, 3.05) is 35.0 Å². The van der Waals surface area contributed by atoms with Gasteiger partial charge in [0.1, 0.15) is 0 Å². The van der Waals surface area contributed by atoms with Gasteiger partial charge in [0, 0.05) is 41.1 Å². The second-order valence-corrected chi connectivity index (χ2v) is 6.54. The summed E-state index contributed by atoms with van der Waals surface area (Å²) in [6.45, 7) is 0.849. The molecular formula is C10H24O4Si. The summed E-state index contributed by atoms with van der Waals surface area (Å²) in [6, 6.07) is 0.892. The van der Waals surface area contributed by atoms with E-state index < -0.39 is 8.80 Å². The monoisotopic (exact) mass is 236 g/mol. The molecule has 0 fully saturated rings. The van der Waals surface area contributed by atoms with Crippen LogP contribution in [0.2, 0.25) is 6.04 Å². The molecule has 0 aliphatic heterocycles. The maximum absolute atomic E-state index is 5.33. The van der Waals surface area contributed by atoms with Crippen molar-refractivity contribution in [3.8, 4) is 0 Å². The van der Waals surface area contributed by atoms with Gasteiger partial charge in [0.25, 0.3) is 0 Å². The summed E-state index contributed by atoms with van der Waals surface area (Å²) in [7, 11) is 4.39. The van der Waals surface area contributed by atoms with Crippen LogP contribution >= 0.6 is 0 Å². The minimum absolute atomic E-state index is 0.849. The Labute approximate surface area is 94.2 Å². The zero-order valence-electron chi connectivity index (χ0n) is 10.4. The zero-order chi connectivity index (χ0) is 11.6. The van der Waals surface area contributed by atoms with Gasteiger partial charge in [-0.1, -0.05) is 12.8 Å². The van der Waals surface area contributed by atoms with Crippen LogP contribution in [0.4, 0.5) is 0 Å². The average Bonchev–Trinajstić information content (AvgIpc) is 2.29. The van der Waals surface area contributed by atoms with E-state index in [9.17, 15) is 0 Å².